The first-order chi connectivity index (χ1) is 6.66. The second-order valence-corrected chi connectivity index (χ2v) is 5.21. The molecule has 15 heavy (non-hydrogen) atoms. The molecule has 0 aliphatic heterocycles. The number of hydrogen-bond acceptors (Lipinski definition) is 4. The van der Waals surface area contributed by atoms with Gasteiger partial charge in [0.1, 0.15) is 0 Å². The molecule has 0 aliphatic rings. The largest absolute Gasteiger partial charge is 0.415 e. The van der Waals surface area contributed by atoms with Crippen LogP contribution in [0.4, 0.5) is 0 Å². The molecular formula is C8H16NO5S+. The van der Waals surface area contributed by atoms with Crippen LogP contribution < -0.4 is 0 Å². The summed E-state index contributed by atoms with van der Waals surface area (Å²) in [7, 11) is -1.04. The average Bonchev–Trinajstić information content (AvgIpc) is 1.97. The van der Waals surface area contributed by atoms with E-state index in [0.29, 0.717) is 0 Å². The molecule has 0 bridgehead atoms. The summed E-state index contributed by atoms with van der Waals surface area (Å²) in [5.74, 6) is -0.986. The molecule has 0 aliphatic carbocycles. The molecule has 0 aromatic heterocycles. The van der Waals surface area contributed by atoms with Crippen LogP contribution in [0.15, 0.2) is 12.7 Å². The molecule has 0 atom stereocenters. The number of rotatable bonds is 6. The van der Waals surface area contributed by atoms with E-state index in [1.807, 2.05) is 0 Å². The third kappa shape index (κ3) is 8.10. The Bertz CT molecular complexity index is 333. The minimum atomic E-state index is -4.08. The number of esters is 1. The van der Waals surface area contributed by atoms with Gasteiger partial charge in [-0.1, -0.05) is 6.08 Å². The molecular weight excluding hydrogens is 222 g/mol. The molecule has 0 heterocycles. The summed E-state index contributed by atoms with van der Waals surface area (Å²) in [6, 6.07) is 0. The number of hydrogen-bond donors (Lipinski definition) is 1. The fourth-order valence-corrected chi connectivity index (χ4v) is 1.86. The third-order valence-corrected chi connectivity index (χ3v) is 2.42. The summed E-state index contributed by atoms with van der Waals surface area (Å²) in [5, 5.41) is 0. The van der Waals surface area contributed by atoms with Gasteiger partial charge in [0.25, 0.3) is 0 Å². The Balaban J connectivity index is 4.15. The van der Waals surface area contributed by atoms with Gasteiger partial charge in [-0.15, -0.1) is 6.58 Å². The quantitative estimate of drug-likeness (QED) is 0.231. The SMILES string of the molecule is C=CCC(=O)OC[N+](C)(C)CS(=O)(=O)O. The van der Waals surface area contributed by atoms with Gasteiger partial charge in [0.15, 0.2) is 0 Å². The van der Waals surface area contributed by atoms with E-state index < -0.39 is 22.0 Å². The summed E-state index contributed by atoms with van der Waals surface area (Å²) in [6.45, 7) is 3.24. The second-order valence-electron chi connectivity index (χ2n) is 3.78. The highest BCUT2D eigenvalue weighted by molar-refractivity contribution is 7.85. The van der Waals surface area contributed by atoms with Crippen molar-refractivity contribution in [2.75, 3.05) is 26.7 Å². The van der Waals surface area contributed by atoms with Crippen LogP contribution in [0.3, 0.4) is 0 Å². The van der Waals surface area contributed by atoms with Crippen molar-refractivity contribution < 1.29 is 27.0 Å². The maximum atomic E-state index is 10.9. The fraction of sp³-hybridized carbons (Fsp3) is 0.625. The Kier molecular flexibility index (Phi) is 4.92. The number of carbonyl (C=O) groups is 1. The van der Waals surface area contributed by atoms with E-state index in [2.05, 4.69) is 6.58 Å². The Labute approximate surface area is 89.5 Å². The number of quaternary nitrogens is 1. The minimum Gasteiger partial charge on any atom is -0.415 e. The van der Waals surface area contributed by atoms with Crippen molar-refractivity contribution in [3.8, 4) is 0 Å². The van der Waals surface area contributed by atoms with Crippen molar-refractivity contribution in [2.24, 2.45) is 0 Å². The van der Waals surface area contributed by atoms with E-state index in [1.165, 1.54) is 20.2 Å². The molecule has 0 amide bonds. The molecule has 0 saturated carbocycles. The molecule has 0 rings (SSSR count). The van der Waals surface area contributed by atoms with Crippen LogP contribution in [0.2, 0.25) is 0 Å². The van der Waals surface area contributed by atoms with Crippen LogP contribution in [-0.4, -0.2) is 50.1 Å². The molecule has 0 saturated heterocycles. The van der Waals surface area contributed by atoms with Crippen LogP contribution in [0.5, 0.6) is 0 Å². The van der Waals surface area contributed by atoms with Gasteiger partial charge >= 0.3 is 16.1 Å². The number of ether oxygens (including phenoxy) is 1. The van der Waals surface area contributed by atoms with Crippen molar-refractivity contribution in [1.29, 1.82) is 0 Å². The highest BCUT2D eigenvalue weighted by Crippen LogP contribution is 2.02. The molecule has 6 nitrogen and oxygen atoms in total. The predicted octanol–water partition coefficient (Wildman–Crippen LogP) is -0.0151. The Morgan fingerprint density at radius 3 is 2.47 bits per heavy atom. The lowest BCUT2D eigenvalue weighted by Crippen LogP contribution is -2.45. The van der Waals surface area contributed by atoms with Gasteiger partial charge in [-0.25, -0.2) is 0 Å². The smallest absolute Gasteiger partial charge is 0.316 e. The number of carbonyl (C=O) groups excluding carboxylic acids is 1. The Morgan fingerprint density at radius 1 is 1.53 bits per heavy atom. The van der Waals surface area contributed by atoms with E-state index in [0.717, 1.165) is 0 Å². The summed E-state index contributed by atoms with van der Waals surface area (Å²) in [6.07, 6.45) is 1.47. The van der Waals surface area contributed by atoms with Crippen LogP contribution in [0, 0.1) is 0 Å². The fourth-order valence-electron chi connectivity index (χ4n) is 0.902. The number of nitrogens with zero attached hydrogens (tertiary/aromatic N) is 1. The Hall–Kier alpha value is -0.920. The molecule has 0 unspecified atom stereocenters. The lowest BCUT2D eigenvalue weighted by atomic mass is 10.4. The van der Waals surface area contributed by atoms with Gasteiger partial charge in [-0.2, -0.15) is 8.42 Å². The van der Waals surface area contributed by atoms with Crippen LogP contribution in [0.1, 0.15) is 6.42 Å². The maximum Gasteiger partial charge on any atom is 0.316 e. The normalized spacial score (nSPS) is 12.2. The zero-order valence-electron chi connectivity index (χ0n) is 8.84. The molecule has 0 fully saturated rings. The van der Waals surface area contributed by atoms with Gasteiger partial charge in [0.05, 0.1) is 20.5 Å². The van der Waals surface area contributed by atoms with Crippen molar-refractivity contribution in [3.63, 3.8) is 0 Å². The first-order valence-electron chi connectivity index (χ1n) is 4.20. The lowest BCUT2D eigenvalue weighted by molar-refractivity contribution is -0.896. The lowest BCUT2D eigenvalue weighted by Gasteiger charge is -2.26. The summed E-state index contributed by atoms with van der Waals surface area (Å²) in [5.41, 5.74) is 0. The second kappa shape index (κ2) is 5.24. The van der Waals surface area contributed by atoms with E-state index in [4.69, 9.17) is 9.29 Å². The van der Waals surface area contributed by atoms with Crippen LogP contribution in [0.25, 0.3) is 0 Å². The van der Waals surface area contributed by atoms with E-state index >= 15 is 0 Å². The zero-order chi connectivity index (χ0) is 12.1. The average molecular weight is 238 g/mol. The molecule has 0 aromatic carbocycles. The molecule has 88 valence electrons. The minimum absolute atomic E-state index is 0.0753. The predicted molar refractivity (Wildman–Crippen MR) is 54.3 cm³/mol. The van der Waals surface area contributed by atoms with Gasteiger partial charge in [-0.05, 0) is 0 Å². The highest BCUT2D eigenvalue weighted by Gasteiger charge is 2.24. The third-order valence-electron chi connectivity index (χ3n) is 1.40. The van der Waals surface area contributed by atoms with Crippen molar-refractivity contribution in [3.05, 3.63) is 12.7 Å². The standard InChI is InChI=1S/C8H15NO5S/c1-4-5-8(10)14-6-9(2,3)7-15(11,12)13/h4H,1,5-7H2,2-3H3/p+1. The van der Waals surface area contributed by atoms with Gasteiger partial charge < -0.3 is 4.74 Å². The summed E-state index contributed by atoms with van der Waals surface area (Å²) in [4.78, 5) is 10.9. The van der Waals surface area contributed by atoms with Crippen LogP contribution >= 0.6 is 0 Å². The van der Waals surface area contributed by atoms with Crippen molar-refractivity contribution in [2.45, 2.75) is 6.42 Å². The summed E-state index contributed by atoms with van der Waals surface area (Å²) >= 11 is 0. The topological polar surface area (TPSA) is 80.7 Å². The van der Waals surface area contributed by atoms with E-state index in [1.54, 1.807) is 0 Å². The Morgan fingerprint density at radius 2 is 2.07 bits per heavy atom. The molecule has 0 aromatic rings. The molecule has 0 radical (unpaired) electrons. The van der Waals surface area contributed by atoms with Gasteiger partial charge in [0.2, 0.25) is 12.6 Å². The van der Waals surface area contributed by atoms with E-state index in [-0.39, 0.29) is 17.6 Å². The molecule has 1 N–H and O–H groups in total. The summed E-state index contributed by atoms with van der Waals surface area (Å²) < 4.78 is 34.5. The first-order valence-corrected chi connectivity index (χ1v) is 5.81. The maximum absolute atomic E-state index is 10.9. The van der Waals surface area contributed by atoms with Crippen molar-refractivity contribution in [1.82, 2.24) is 0 Å². The molecule has 7 heteroatoms. The first kappa shape index (κ1) is 14.1. The van der Waals surface area contributed by atoms with Gasteiger partial charge in [0, 0.05) is 0 Å². The zero-order valence-corrected chi connectivity index (χ0v) is 9.66. The monoisotopic (exact) mass is 238 g/mol. The van der Waals surface area contributed by atoms with E-state index in [9.17, 15) is 13.2 Å². The van der Waals surface area contributed by atoms with Gasteiger partial charge in [-0.3, -0.25) is 13.8 Å². The molecule has 0 spiro atoms. The highest BCUT2D eigenvalue weighted by atomic mass is 32.2. The van der Waals surface area contributed by atoms with Crippen molar-refractivity contribution >= 4 is 16.1 Å². The van der Waals surface area contributed by atoms with Crippen LogP contribution in [-0.2, 0) is 19.6 Å².